The molecule has 0 amide bonds. The molecule has 1 atom stereocenters. The molecule has 0 spiro atoms. The van der Waals surface area contributed by atoms with Gasteiger partial charge in [0.2, 0.25) is 0 Å². The number of aryl methyl sites for hydroxylation is 3. The van der Waals surface area contributed by atoms with Crippen molar-refractivity contribution in [3.05, 3.63) is 34.6 Å². The van der Waals surface area contributed by atoms with Crippen molar-refractivity contribution in [2.75, 3.05) is 6.54 Å². The van der Waals surface area contributed by atoms with Crippen molar-refractivity contribution in [1.29, 1.82) is 0 Å². The standard InChI is InChI=1S/C14H19N5/c1-9-7-10(2)13(11(3)8-9)19-17-14(16-18-19)12-5-4-6-15-12/h7-8,12,15H,4-6H2,1-3H3. The summed E-state index contributed by atoms with van der Waals surface area (Å²) in [5, 5.41) is 16.4. The first-order valence-electron chi connectivity index (χ1n) is 6.76. The van der Waals surface area contributed by atoms with E-state index in [0.29, 0.717) is 0 Å². The summed E-state index contributed by atoms with van der Waals surface area (Å²) in [7, 11) is 0. The van der Waals surface area contributed by atoms with Crippen LogP contribution in [0.3, 0.4) is 0 Å². The van der Waals surface area contributed by atoms with Crippen molar-refractivity contribution in [3.63, 3.8) is 0 Å². The number of aromatic nitrogens is 4. The molecule has 5 heteroatoms. The van der Waals surface area contributed by atoms with Gasteiger partial charge in [-0.15, -0.1) is 15.0 Å². The zero-order chi connectivity index (χ0) is 13.4. The van der Waals surface area contributed by atoms with E-state index in [0.717, 1.165) is 24.5 Å². The van der Waals surface area contributed by atoms with Crippen LogP contribution in [0.1, 0.15) is 41.4 Å². The van der Waals surface area contributed by atoms with Crippen molar-refractivity contribution >= 4 is 0 Å². The molecule has 0 bridgehead atoms. The number of tetrazole rings is 1. The van der Waals surface area contributed by atoms with Gasteiger partial charge in [-0.3, -0.25) is 0 Å². The summed E-state index contributed by atoms with van der Waals surface area (Å²) in [6, 6.07) is 4.57. The first-order valence-corrected chi connectivity index (χ1v) is 6.76. The molecule has 1 aromatic carbocycles. The number of benzene rings is 1. The zero-order valence-corrected chi connectivity index (χ0v) is 11.6. The summed E-state index contributed by atoms with van der Waals surface area (Å²) in [5.41, 5.74) is 4.67. The van der Waals surface area contributed by atoms with Crippen LogP contribution in [0.2, 0.25) is 0 Å². The van der Waals surface area contributed by atoms with Gasteiger partial charge in [0.15, 0.2) is 5.82 Å². The van der Waals surface area contributed by atoms with Crippen LogP contribution in [0.25, 0.3) is 5.69 Å². The van der Waals surface area contributed by atoms with E-state index in [-0.39, 0.29) is 6.04 Å². The van der Waals surface area contributed by atoms with E-state index in [1.165, 1.54) is 23.1 Å². The summed E-state index contributed by atoms with van der Waals surface area (Å²) >= 11 is 0. The van der Waals surface area contributed by atoms with Crippen molar-refractivity contribution in [1.82, 2.24) is 25.5 Å². The lowest BCUT2D eigenvalue weighted by atomic mass is 10.1. The lowest BCUT2D eigenvalue weighted by Gasteiger charge is -2.09. The summed E-state index contributed by atoms with van der Waals surface area (Å²) < 4.78 is 0. The third-order valence-corrected chi connectivity index (χ3v) is 3.64. The Morgan fingerprint density at radius 2 is 1.95 bits per heavy atom. The Labute approximate surface area is 113 Å². The second kappa shape index (κ2) is 4.74. The van der Waals surface area contributed by atoms with Crippen LogP contribution < -0.4 is 5.32 Å². The highest BCUT2D eigenvalue weighted by molar-refractivity contribution is 5.47. The number of nitrogens with zero attached hydrogens (tertiary/aromatic N) is 4. The van der Waals surface area contributed by atoms with E-state index in [9.17, 15) is 0 Å². The van der Waals surface area contributed by atoms with E-state index < -0.39 is 0 Å². The third-order valence-electron chi connectivity index (χ3n) is 3.64. The maximum absolute atomic E-state index is 4.55. The molecule has 2 heterocycles. The maximum atomic E-state index is 4.55. The van der Waals surface area contributed by atoms with Gasteiger partial charge in [0.25, 0.3) is 0 Å². The average Bonchev–Trinajstić information content (AvgIpc) is 2.97. The number of hydrogen-bond donors (Lipinski definition) is 1. The topological polar surface area (TPSA) is 55.6 Å². The summed E-state index contributed by atoms with van der Waals surface area (Å²) in [6.07, 6.45) is 2.28. The van der Waals surface area contributed by atoms with Gasteiger partial charge >= 0.3 is 0 Å². The molecule has 1 aromatic heterocycles. The monoisotopic (exact) mass is 257 g/mol. The molecular weight excluding hydrogens is 238 g/mol. The Morgan fingerprint density at radius 1 is 1.21 bits per heavy atom. The third kappa shape index (κ3) is 2.26. The van der Waals surface area contributed by atoms with Gasteiger partial charge in [-0.25, -0.2) is 0 Å². The molecule has 0 aliphatic carbocycles. The normalized spacial score (nSPS) is 19.0. The molecule has 1 fully saturated rings. The van der Waals surface area contributed by atoms with Gasteiger partial charge in [-0.2, -0.15) is 0 Å². The predicted octanol–water partition coefficient (Wildman–Crippen LogP) is 2.01. The Morgan fingerprint density at radius 3 is 2.58 bits per heavy atom. The fourth-order valence-corrected chi connectivity index (χ4v) is 2.85. The highest BCUT2D eigenvalue weighted by atomic mass is 15.6. The number of hydrogen-bond acceptors (Lipinski definition) is 4. The lowest BCUT2D eigenvalue weighted by molar-refractivity contribution is 0.602. The second-order valence-corrected chi connectivity index (χ2v) is 5.33. The minimum Gasteiger partial charge on any atom is -0.307 e. The number of nitrogens with one attached hydrogen (secondary N) is 1. The van der Waals surface area contributed by atoms with Crippen molar-refractivity contribution < 1.29 is 0 Å². The van der Waals surface area contributed by atoms with E-state index >= 15 is 0 Å². The second-order valence-electron chi connectivity index (χ2n) is 5.33. The molecule has 1 aliphatic rings. The number of rotatable bonds is 2. The van der Waals surface area contributed by atoms with E-state index in [4.69, 9.17) is 0 Å². The minimum absolute atomic E-state index is 0.264. The van der Waals surface area contributed by atoms with Gasteiger partial charge in [-0.1, -0.05) is 17.7 Å². The fourth-order valence-electron chi connectivity index (χ4n) is 2.85. The molecule has 0 radical (unpaired) electrons. The van der Waals surface area contributed by atoms with Gasteiger partial charge in [0, 0.05) is 0 Å². The van der Waals surface area contributed by atoms with Crippen molar-refractivity contribution in [2.24, 2.45) is 0 Å². The van der Waals surface area contributed by atoms with Crippen LogP contribution in [0.4, 0.5) is 0 Å². The minimum atomic E-state index is 0.264. The first-order chi connectivity index (χ1) is 9.15. The van der Waals surface area contributed by atoms with Crippen molar-refractivity contribution in [3.8, 4) is 5.69 Å². The maximum Gasteiger partial charge on any atom is 0.192 e. The molecule has 3 rings (SSSR count). The van der Waals surface area contributed by atoms with E-state index in [1.54, 1.807) is 4.80 Å². The molecular formula is C14H19N5. The first kappa shape index (κ1) is 12.3. The van der Waals surface area contributed by atoms with Crippen LogP contribution in [0, 0.1) is 20.8 Å². The molecule has 0 saturated carbocycles. The fraction of sp³-hybridized carbons (Fsp3) is 0.500. The molecule has 1 saturated heterocycles. The molecule has 19 heavy (non-hydrogen) atoms. The van der Waals surface area contributed by atoms with Crippen LogP contribution in [-0.2, 0) is 0 Å². The molecule has 1 aliphatic heterocycles. The Balaban J connectivity index is 1.98. The lowest BCUT2D eigenvalue weighted by Crippen LogP contribution is -2.14. The Hall–Kier alpha value is -1.75. The van der Waals surface area contributed by atoms with Gasteiger partial charge < -0.3 is 5.32 Å². The average molecular weight is 257 g/mol. The van der Waals surface area contributed by atoms with Crippen molar-refractivity contribution in [2.45, 2.75) is 39.7 Å². The zero-order valence-electron chi connectivity index (χ0n) is 11.6. The van der Waals surface area contributed by atoms with Crippen LogP contribution in [-0.4, -0.2) is 26.8 Å². The smallest absolute Gasteiger partial charge is 0.192 e. The highest BCUT2D eigenvalue weighted by Gasteiger charge is 2.21. The van der Waals surface area contributed by atoms with Gasteiger partial charge in [-0.05, 0) is 56.5 Å². The van der Waals surface area contributed by atoms with Gasteiger partial charge in [0.1, 0.15) is 0 Å². The van der Waals surface area contributed by atoms with Crippen LogP contribution >= 0.6 is 0 Å². The summed E-state index contributed by atoms with van der Waals surface area (Å²) in [4.78, 5) is 1.67. The van der Waals surface area contributed by atoms with E-state index in [1.807, 2.05) is 0 Å². The predicted molar refractivity (Wildman–Crippen MR) is 73.3 cm³/mol. The van der Waals surface area contributed by atoms with Crippen LogP contribution in [0.5, 0.6) is 0 Å². The largest absolute Gasteiger partial charge is 0.307 e. The SMILES string of the molecule is Cc1cc(C)c(-n2nnc(C3CCCN3)n2)c(C)c1. The Kier molecular flexibility index (Phi) is 3.06. The summed E-state index contributed by atoms with van der Waals surface area (Å²) in [5.74, 6) is 0.803. The molecule has 2 aromatic rings. The van der Waals surface area contributed by atoms with Crippen LogP contribution in [0.15, 0.2) is 12.1 Å². The summed E-state index contributed by atoms with van der Waals surface area (Å²) in [6.45, 7) is 7.33. The van der Waals surface area contributed by atoms with E-state index in [2.05, 4.69) is 53.6 Å². The van der Waals surface area contributed by atoms with Gasteiger partial charge in [0.05, 0.1) is 11.7 Å². The molecule has 100 valence electrons. The molecule has 5 nitrogen and oxygen atoms in total. The Bertz CT molecular complexity index is 573. The molecule has 1 N–H and O–H groups in total. The highest BCUT2D eigenvalue weighted by Crippen LogP contribution is 2.22. The quantitative estimate of drug-likeness (QED) is 0.894. The molecule has 1 unspecified atom stereocenters.